The number of fused-ring (bicyclic) bond motifs is 3. The Balaban J connectivity index is 1.70. The molecule has 5 nitrogen and oxygen atoms in total. The summed E-state index contributed by atoms with van der Waals surface area (Å²) in [6, 6.07) is 18.4. The Hall–Kier alpha value is -3.25. The van der Waals surface area contributed by atoms with Crippen LogP contribution in [-0.4, -0.2) is 14.9 Å². The second-order valence-corrected chi connectivity index (χ2v) is 8.66. The highest BCUT2D eigenvalue weighted by atomic mass is 32.1. The molecule has 2 aromatic heterocycles. The fraction of sp³-hybridized carbons (Fsp3) is 0.208. The lowest BCUT2D eigenvalue weighted by atomic mass is 10.1. The van der Waals surface area contributed by atoms with Gasteiger partial charge in [0.1, 0.15) is 4.83 Å². The topological polar surface area (TPSA) is 61.1 Å². The summed E-state index contributed by atoms with van der Waals surface area (Å²) in [5.74, 6) is -0.141. The van der Waals surface area contributed by atoms with Gasteiger partial charge in [0.05, 0.1) is 18.5 Å². The van der Waals surface area contributed by atoms with Gasteiger partial charge in [0, 0.05) is 10.4 Å². The first-order valence-electron chi connectivity index (χ1n) is 10.0. The molecule has 0 saturated carbocycles. The van der Waals surface area contributed by atoms with Crippen molar-refractivity contribution in [2.75, 3.05) is 0 Å². The number of thiophene rings is 1. The molecule has 150 valence electrons. The molecule has 0 N–H and O–H groups in total. The Kier molecular flexibility index (Phi) is 4.71. The number of Topliss-reactive ketones (excluding diaryl/α,β-unsaturated/α-hetero) is 1. The highest BCUT2D eigenvalue weighted by molar-refractivity contribution is 7.19. The van der Waals surface area contributed by atoms with E-state index in [4.69, 9.17) is 0 Å². The van der Waals surface area contributed by atoms with E-state index < -0.39 is 5.69 Å². The molecular weight excluding hydrogens is 396 g/mol. The molecule has 2 aromatic carbocycles. The van der Waals surface area contributed by atoms with Crippen molar-refractivity contribution in [2.24, 2.45) is 0 Å². The summed E-state index contributed by atoms with van der Waals surface area (Å²) < 4.78 is 2.78. The SMILES string of the molecule is O=C(Cn1c(=O)n(Cc2ccccc2)c(=O)c2c3c(sc21)CCC3)c1ccccc1. The molecule has 0 aliphatic heterocycles. The predicted molar refractivity (Wildman–Crippen MR) is 119 cm³/mol. The van der Waals surface area contributed by atoms with Crippen molar-refractivity contribution in [1.82, 2.24) is 9.13 Å². The second-order valence-electron chi connectivity index (χ2n) is 7.57. The molecule has 0 radical (unpaired) electrons. The van der Waals surface area contributed by atoms with E-state index in [9.17, 15) is 14.4 Å². The van der Waals surface area contributed by atoms with Crippen molar-refractivity contribution in [3.63, 3.8) is 0 Å². The fourth-order valence-electron chi connectivity index (χ4n) is 4.16. The van der Waals surface area contributed by atoms with E-state index >= 15 is 0 Å². The van der Waals surface area contributed by atoms with Crippen LogP contribution in [0.15, 0.2) is 70.3 Å². The number of ketones is 1. The number of rotatable bonds is 5. The van der Waals surface area contributed by atoms with Gasteiger partial charge in [0.25, 0.3) is 5.56 Å². The number of nitrogens with zero attached hydrogens (tertiary/aromatic N) is 2. The van der Waals surface area contributed by atoms with Gasteiger partial charge in [-0.25, -0.2) is 4.79 Å². The molecular formula is C24H20N2O3S. The molecule has 2 heterocycles. The van der Waals surface area contributed by atoms with Crippen molar-refractivity contribution >= 4 is 27.3 Å². The average Bonchev–Trinajstić information content (AvgIpc) is 3.37. The molecule has 6 heteroatoms. The van der Waals surface area contributed by atoms with E-state index in [1.165, 1.54) is 25.3 Å². The van der Waals surface area contributed by atoms with Crippen molar-refractivity contribution < 1.29 is 4.79 Å². The predicted octanol–water partition coefficient (Wildman–Crippen LogP) is 3.64. The van der Waals surface area contributed by atoms with E-state index in [1.807, 2.05) is 48.5 Å². The smallest absolute Gasteiger partial charge is 0.292 e. The molecule has 0 atom stereocenters. The van der Waals surface area contributed by atoms with Gasteiger partial charge in [0.2, 0.25) is 0 Å². The molecule has 0 saturated heterocycles. The van der Waals surface area contributed by atoms with Gasteiger partial charge in [-0.3, -0.25) is 18.7 Å². The normalized spacial score (nSPS) is 12.9. The third-order valence-corrected chi connectivity index (χ3v) is 6.96. The molecule has 0 unspecified atom stereocenters. The summed E-state index contributed by atoms with van der Waals surface area (Å²) in [5, 5.41) is 0.615. The van der Waals surface area contributed by atoms with Crippen LogP contribution in [0.1, 0.15) is 32.8 Å². The van der Waals surface area contributed by atoms with Gasteiger partial charge >= 0.3 is 5.69 Å². The Morgan fingerprint density at radius 1 is 0.900 bits per heavy atom. The van der Waals surface area contributed by atoms with Gasteiger partial charge < -0.3 is 0 Å². The van der Waals surface area contributed by atoms with E-state index in [-0.39, 0.29) is 24.4 Å². The van der Waals surface area contributed by atoms with Crippen LogP contribution in [0, 0.1) is 0 Å². The first-order chi connectivity index (χ1) is 14.6. The standard InChI is InChI=1S/C24H20N2O3S/c27-19(17-10-5-2-6-11-17)15-26-23-21(18-12-7-13-20(18)30-23)22(28)25(24(26)29)14-16-8-3-1-4-9-16/h1-6,8-11H,7,12-15H2. The summed E-state index contributed by atoms with van der Waals surface area (Å²) in [7, 11) is 0. The molecule has 0 spiro atoms. The van der Waals surface area contributed by atoms with Gasteiger partial charge in [-0.15, -0.1) is 11.3 Å². The Morgan fingerprint density at radius 3 is 2.33 bits per heavy atom. The van der Waals surface area contributed by atoms with Crippen LogP contribution in [0.4, 0.5) is 0 Å². The molecule has 5 rings (SSSR count). The maximum absolute atomic E-state index is 13.4. The molecule has 0 amide bonds. The number of aryl methyl sites for hydroxylation is 2. The number of carbonyl (C=O) groups is 1. The number of carbonyl (C=O) groups excluding carboxylic acids is 1. The van der Waals surface area contributed by atoms with E-state index in [1.54, 1.807) is 12.1 Å². The maximum atomic E-state index is 13.4. The molecule has 0 bridgehead atoms. The van der Waals surface area contributed by atoms with Gasteiger partial charge in [-0.1, -0.05) is 60.7 Å². The van der Waals surface area contributed by atoms with Crippen molar-refractivity contribution in [1.29, 1.82) is 0 Å². The van der Waals surface area contributed by atoms with E-state index in [2.05, 4.69) is 0 Å². The summed E-state index contributed by atoms with van der Waals surface area (Å²) in [4.78, 5) is 41.4. The first-order valence-corrected chi connectivity index (χ1v) is 10.8. The van der Waals surface area contributed by atoms with E-state index in [0.29, 0.717) is 15.8 Å². The van der Waals surface area contributed by atoms with Crippen LogP contribution in [0.2, 0.25) is 0 Å². The van der Waals surface area contributed by atoms with Gasteiger partial charge in [-0.2, -0.15) is 0 Å². The molecule has 0 fully saturated rings. The minimum atomic E-state index is -0.430. The van der Waals surface area contributed by atoms with Crippen LogP contribution in [0.25, 0.3) is 10.2 Å². The Bertz CT molecular complexity index is 1370. The van der Waals surface area contributed by atoms with Crippen LogP contribution in [0.5, 0.6) is 0 Å². The van der Waals surface area contributed by atoms with Crippen LogP contribution in [-0.2, 0) is 25.9 Å². The third kappa shape index (κ3) is 3.13. The first kappa shape index (κ1) is 18.8. The molecule has 30 heavy (non-hydrogen) atoms. The number of aromatic nitrogens is 2. The highest BCUT2D eigenvalue weighted by Crippen LogP contribution is 2.35. The number of benzene rings is 2. The van der Waals surface area contributed by atoms with E-state index in [0.717, 1.165) is 30.4 Å². The zero-order valence-electron chi connectivity index (χ0n) is 16.3. The Labute approximate surface area is 176 Å². The van der Waals surface area contributed by atoms with Crippen LogP contribution < -0.4 is 11.2 Å². The van der Waals surface area contributed by atoms with Gasteiger partial charge in [0.15, 0.2) is 5.78 Å². The third-order valence-electron chi connectivity index (χ3n) is 5.65. The quantitative estimate of drug-likeness (QED) is 0.467. The summed E-state index contributed by atoms with van der Waals surface area (Å²) >= 11 is 1.49. The highest BCUT2D eigenvalue weighted by Gasteiger charge is 2.25. The van der Waals surface area contributed by atoms with Crippen molar-refractivity contribution in [3.05, 3.63) is 103 Å². The van der Waals surface area contributed by atoms with Gasteiger partial charge in [-0.05, 0) is 30.4 Å². The fourth-order valence-corrected chi connectivity index (χ4v) is 5.53. The minimum Gasteiger partial charge on any atom is -0.292 e. The lowest BCUT2D eigenvalue weighted by molar-refractivity contribution is 0.0971. The summed E-state index contributed by atoms with van der Waals surface area (Å²) in [6.07, 6.45) is 2.80. The maximum Gasteiger partial charge on any atom is 0.332 e. The monoisotopic (exact) mass is 416 g/mol. The molecule has 4 aromatic rings. The zero-order chi connectivity index (χ0) is 20.7. The lowest BCUT2D eigenvalue weighted by Crippen LogP contribution is -2.41. The van der Waals surface area contributed by atoms with Crippen molar-refractivity contribution in [3.8, 4) is 0 Å². The van der Waals surface area contributed by atoms with Crippen LogP contribution >= 0.6 is 11.3 Å². The lowest BCUT2D eigenvalue weighted by Gasteiger charge is -2.12. The van der Waals surface area contributed by atoms with Crippen LogP contribution in [0.3, 0.4) is 0 Å². The minimum absolute atomic E-state index is 0.0756. The zero-order valence-corrected chi connectivity index (χ0v) is 17.2. The number of hydrogen-bond acceptors (Lipinski definition) is 4. The van der Waals surface area contributed by atoms with Crippen molar-refractivity contribution in [2.45, 2.75) is 32.4 Å². The number of hydrogen-bond donors (Lipinski definition) is 0. The summed E-state index contributed by atoms with van der Waals surface area (Å²) in [6.45, 7) is 0.117. The molecule has 1 aliphatic carbocycles. The molecule has 1 aliphatic rings. The summed E-state index contributed by atoms with van der Waals surface area (Å²) in [5.41, 5.74) is 1.82. The average molecular weight is 417 g/mol. The largest absolute Gasteiger partial charge is 0.332 e. The second kappa shape index (κ2) is 7.54. The Morgan fingerprint density at radius 2 is 1.60 bits per heavy atom.